The predicted octanol–water partition coefficient (Wildman–Crippen LogP) is 3.85. The van der Waals surface area contributed by atoms with Crippen molar-refractivity contribution in [2.75, 3.05) is 19.7 Å². The number of hydrogen-bond acceptors (Lipinski definition) is 9. The maximum absolute atomic E-state index is 13.2. The second-order valence-corrected chi connectivity index (χ2v) is 13.1. The quantitative estimate of drug-likeness (QED) is 0.283. The van der Waals surface area contributed by atoms with Crippen molar-refractivity contribution in [1.82, 2.24) is 14.8 Å². The van der Waals surface area contributed by atoms with Gasteiger partial charge in [0.25, 0.3) is 10.0 Å². The largest absolute Gasteiger partial charge is 0.480 e. The number of thiophene rings is 1. The molecule has 3 N–H and O–H groups in total. The number of aliphatic hydroxyl groups is 1. The van der Waals surface area contributed by atoms with Crippen LogP contribution in [0.3, 0.4) is 0 Å². The zero-order valence-electron chi connectivity index (χ0n) is 21.8. The van der Waals surface area contributed by atoms with Gasteiger partial charge in [-0.05, 0) is 48.9 Å². The highest BCUT2D eigenvalue weighted by Crippen LogP contribution is 2.53. The molecule has 0 unspecified atom stereocenters. The Hall–Kier alpha value is -3.47. The summed E-state index contributed by atoms with van der Waals surface area (Å²) in [7, 11) is -4.38. The number of halogens is 3. The number of aliphatic carboxylic acids is 1. The fourth-order valence-corrected chi connectivity index (χ4v) is 7.63. The van der Waals surface area contributed by atoms with E-state index in [9.17, 15) is 41.4 Å². The summed E-state index contributed by atoms with van der Waals surface area (Å²) in [6.45, 7) is 0.754. The lowest BCUT2D eigenvalue weighted by Gasteiger charge is -2.17. The summed E-state index contributed by atoms with van der Waals surface area (Å²) in [6, 6.07) is 10.1. The van der Waals surface area contributed by atoms with Crippen molar-refractivity contribution >= 4 is 33.4 Å². The number of nitrogens with zero attached hydrogens (tertiary/aromatic N) is 2. The minimum atomic E-state index is -4.76. The number of carbonyl (C=O) groups excluding carboxylic acids is 1. The van der Waals surface area contributed by atoms with Crippen LogP contribution < -0.4 is 4.72 Å². The smallest absolute Gasteiger partial charge is 0.452 e. The number of aryl methyl sites for hydroxylation is 1. The van der Waals surface area contributed by atoms with Crippen LogP contribution in [0.1, 0.15) is 42.1 Å². The third-order valence-electron chi connectivity index (χ3n) is 7.22. The third-order valence-corrected chi connectivity index (χ3v) is 10.3. The van der Waals surface area contributed by atoms with Crippen LogP contribution in [0.2, 0.25) is 0 Å². The highest BCUT2D eigenvalue weighted by Gasteiger charge is 2.63. The Kier molecular flexibility index (Phi) is 8.08. The molecular weight excluding hydrogens is 603 g/mol. The van der Waals surface area contributed by atoms with E-state index in [0.717, 1.165) is 11.6 Å². The number of carboxylic acid groups (broad SMARTS) is 1. The number of carbonyl (C=O) groups is 2. The second kappa shape index (κ2) is 11.3. The van der Waals surface area contributed by atoms with E-state index in [-0.39, 0.29) is 34.4 Å². The number of nitrogens with one attached hydrogen (secondary N) is 1. The second-order valence-electron chi connectivity index (χ2n) is 10.1. The van der Waals surface area contributed by atoms with Crippen LogP contribution in [0.25, 0.3) is 10.6 Å². The molecule has 1 aromatic carbocycles. The van der Waals surface area contributed by atoms with Gasteiger partial charge in [-0.25, -0.2) is 13.2 Å². The molecule has 42 heavy (non-hydrogen) atoms. The van der Waals surface area contributed by atoms with Gasteiger partial charge in [0.05, 0.1) is 17.6 Å². The number of aliphatic hydroxyl groups excluding tert-OH is 1. The van der Waals surface area contributed by atoms with E-state index >= 15 is 0 Å². The van der Waals surface area contributed by atoms with Crippen LogP contribution in [0.5, 0.6) is 0 Å². The number of sulfonamides is 1. The first-order valence-electron chi connectivity index (χ1n) is 12.9. The fraction of sp³-hybridized carbons (Fsp3) is 0.423. The van der Waals surface area contributed by atoms with Gasteiger partial charge in [-0.1, -0.05) is 29.4 Å². The average Bonchev–Trinajstić information content (AvgIpc) is 3.38. The van der Waals surface area contributed by atoms with Crippen LogP contribution in [0, 0.1) is 0 Å². The van der Waals surface area contributed by atoms with Gasteiger partial charge in [0.1, 0.15) is 15.4 Å². The lowest BCUT2D eigenvalue weighted by Crippen LogP contribution is -2.44. The SMILES string of the molecule is O=C(OCCCc1ccccc1[C@H]1C[C@@]1(NS(=O)(=O)c1ccc(-c2cc(C(F)(F)F)on2)s1)C(=O)O)N1CC[C@@H](O)C1. The molecule has 0 radical (unpaired) electrons. The first-order valence-corrected chi connectivity index (χ1v) is 15.2. The van der Waals surface area contributed by atoms with E-state index in [1.165, 1.54) is 11.0 Å². The molecule has 1 saturated carbocycles. The summed E-state index contributed by atoms with van der Waals surface area (Å²) in [5.41, 5.74) is -0.601. The number of likely N-dealkylation sites (tertiary alicyclic amines) is 1. The van der Waals surface area contributed by atoms with E-state index in [1.54, 1.807) is 24.3 Å². The Balaban J connectivity index is 1.25. The van der Waals surface area contributed by atoms with Crippen molar-refractivity contribution in [3.8, 4) is 10.6 Å². The maximum Gasteiger partial charge on any atom is 0.452 e. The molecule has 5 rings (SSSR count). The van der Waals surface area contributed by atoms with Crippen LogP contribution in [-0.2, 0) is 32.2 Å². The number of benzene rings is 1. The molecule has 1 aliphatic carbocycles. The zero-order valence-corrected chi connectivity index (χ0v) is 23.5. The van der Waals surface area contributed by atoms with Gasteiger partial charge in [0, 0.05) is 25.1 Å². The highest BCUT2D eigenvalue weighted by molar-refractivity contribution is 7.91. The standard InChI is InChI=1S/C26H26F3N3O8S2/c27-26(28,29)21-12-19(30-40-21)20-7-8-22(41-20)42(37,38)31-25(23(34)35)13-18(25)17-6-2-1-4-15(17)5-3-11-39-24(36)32-10-9-16(33)14-32/h1-2,4,6-8,12,16,18,31,33H,3,5,9-11,13-14H2,(H,34,35)/t16-,18-,25+/m1/s1. The Morgan fingerprint density at radius 1 is 1.24 bits per heavy atom. The molecule has 3 aromatic rings. The minimum Gasteiger partial charge on any atom is -0.480 e. The van der Waals surface area contributed by atoms with Gasteiger partial charge < -0.3 is 24.4 Å². The van der Waals surface area contributed by atoms with E-state index < -0.39 is 51.6 Å². The molecule has 2 fully saturated rings. The molecule has 226 valence electrons. The van der Waals surface area contributed by atoms with Crippen molar-refractivity contribution in [3.05, 3.63) is 59.4 Å². The monoisotopic (exact) mass is 629 g/mol. The molecule has 2 aliphatic rings. The summed E-state index contributed by atoms with van der Waals surface area (Å²) in [5, 5.41) is 23.0. The minimum absolute atomic E-state index is 0.0126. The van der Waals surface area contributed by atoms with Crippen LogP contribution in [0.15, 0.2) is 51.2 Å². The Bertz CT molecular complexity index is 1590. The number of alkyl halides is 3. The number of amides is 1. The molecule has 3 atom stereocenters. The number of rotatable bonds is 10. The molecule has 0 bridgehead atoms. The lowest BCUT2D eigenvalue weighted by atomic mass is 9.97. The van der Waals surface area contributed by atoms with Crippen molar-refractivity contribution in [3.63, 3.8) is 0 Å². The van der Waals surface area contributed by atoms with Crippen molar-refractivity contribution < 1.29 is 50.7 Å². The van der Waals surface area contributed by atoms with Crippen molar-refractivity contribution in [1.29, 1.82) is 0 Å². The molecule has 0 spiro atoms. The predicted molar refractivity (Wildman–Crippen MR) is 141 cm³/mol. The molecule has 2 aromatic heterocycles. The number of aromatic nitrogens is 1. The maximum atomic E-state index is 13.2. The summed E-state index contributed by atoms with van der Waals surface area (Å²) >= 11 is 0.630. The molecule has 1 saturated heterocycles. The lowest BCUT2D eigenvalue weighted by molar-refractivity contribution is -0.155. The Morgan fingerprint density at radius 2 is 2.00 bits per heavy atom. The van der Waals surface area contributed by atoms with Gasteiger partial charge in [-0.15, -0.1) is 11.3 Å². The van der Waals surface area contributed by atoms with E-state index in [0.29, 0.717) is 48.8 Å². The highest BCUT2D eigenvalue weighted by atomic mass is 32.2. The van der Waals surface area contributed by atoms with Crippen LogP contribution in [-0.4, -0.2) is 72.1 Å². The van der Waals surface area contributed by atoms with Gasteiger partial charge in [-0.2, -0.15) is 17.9 Å². The summed E-state index contributed by atoms with van der Waals surface area (Å²) in [6.07, 6.45) is -4.46. The number of β-amino-alcohol motifs (C(OH)–C–C–N with tert-alkyl or cyclic N) is 1. The average molecular weight is 630 g/mol. The topological polar surface area (TPSA) is 159 Å². The summed E-state index contributed by atoms with van der Waals surface area (Å²) in [5.74, 6) is -3.38. The Morgan fingerprint density at radius 3 is 2.67 bits per heavy atom. The Labute approximate surface area is 241 Å². The fourth-order valence-electron chi connectivity index (χ4n) is 4.97. The summed E-state index contributed by atoms with van der Waals surface area (Å²) in [4.78, 5) is 26.0. The van der Waals surface area contributed by atoms with E-state index in [4.69, 9.17) is 4.74 Å². The zero-order chi connectivity index (χ0) is 30.3. The van der Waals surface area contributed by atoms with Crippen LogP contribution in [0.4, 0.5) is 18.0 Å². The van der Waals surface area contributed by atoms with Gasteiger partial charge in [0.15, 0.2) is 0 Å². The molecule has 16 heteroatoms. The normalized spacial score (nSPS) is 22.3. The summed E-state index contributed by atoms with van der Waals surface area (Å²) < 4.78 is 76.6. The first kappa shape index (κ1) is 30.0. The number of carboxylic acids is 1. The molecule has 1 amide bonds. The van der Waals surface area contributed by atoms with Crippen LogP contribution >= 0.6 is 11.3 Å². The van der Waals surface area contributed by atoms with E-state index in [2.05, 4.69) is 14.4 Å². The number of hydrogen-bond donors (Lipinski definition) is 3. The number of ether oxygens (including phenoxy) is 1. The van der Waals surface area contributed by atoms with Crippen molar-refractivity contribution in [2.45, 2.75) is 53.6 Å². The van der Waals surface area contributed by atoms with E-state index in [1.807, 2.05) is 0 Å². The first-order chi connectivity index (χ1) is 19.8. The van der Waals surface area contributed by atoms with Gasteiger partial charge >= 0.3 is 18.2 Å². The van der Waals surface area contributed by atoms with Gasteiger partial charge in [-0.3, -0.25) is 4.79 Å². The molecular formula is C26H26F3N3O8S2. The van der Waals surface area contributed by atoms with Gasteiger partial charge in [0.2, 0.25) is 5.76 Å². The van der Waals surface area contributed by atoms with Crippen molar-refractivity contribution in [2.24, 2.45) is 0 Å². The molecule has 3 heterocycles. The molecule has 1 aliphatic heterocycles. The molecule has 11 nitrogen and oxygen atoms in total. The third kappa shape index (κ3) is 6.16.